The second-order valence-electron chi connectivity index (χ2n) is 4.56. The normalized spacial score (nSPS) is 11.2. The number of ether oxygens (including phenoxy) is 2. The number of aryl methyl sites for hydroxylation is 1. The van der Waals surface area contributed by atoms with Gasteiger partial charge in [-0.1, -0.05) is 29.8 Å². The van der Waals surface area contributed by atoms with Crippen LogP contribution in [-0.4, -0.2) is 22.6 Å². The monoisotopic (exact) mass is 305 g/mol. The largest absolute Gasteiger partial charge is 0.493 e. The van der Waals surface area contributed by atoms with E-state index in [2.05, 4.69) is 0 Å². The van der Waals surface area contributed by atoms with Crippen LogP contribution in [0.15, 0.2) is 47.4 Å². The van der Waals surface area contributed by atoms with Crippen LogP contribution in [0, 0.1) is 12.7 Å². The summed E-state index contributed by atoms with van der Waals surface area (Å²) in [5, 5.41) is 0. The van der Waals surface area contributed by atoms with Crippen LogP contribution in [0.5, 0.6) is 11.5 Å². The molecular weight excluding hydrogens is 288 g/mol. The Labute approximate surface area is 125 Å². The van der Waals surface area contributed by atoms with E-state index in [1.54, 1.807) is 42.5 Å². The Balaban J connectivity index is 2.39. The molecule has 0 saturated carbocycles. The fourth-order valence-electron chi connectivity index (χ4n) is 1.97. The summed E-state index contributed by atoms with van der Waals surface area (Å²) in [6.45, 7) is 1.91. The molecule has 0 bridgehead atoms. The van der Waals surface area contributed by atoms with Gasteiger partial charge in [0, 0.05) is 5.56 Å². The van der Waals surface area contributed by atoms with Crippen LogP contribution in [0.3, 0.4) is 0 Å². The van der Waals surface area contributed by atoms with E-state index in [4.69, 9.17) is 9.47 Å². The standard InChI is InChI=1S/C16H17O4S/c1-12-7-9-14(10-8-12)21(17,18)11-13-5-4-6-15(19-2)16(13)20-3/h4-11H,1-3H3. The minimum atomic E-state index is -3.55. The zero-order chi connectivity index (χ0) is 15.5. The number of benzene rings is 2. The van der Waals surface area contributed by atoms with Crippen molar-refractivity contribution < 1.29 is 17.9 Å². The van der Waals surface area contributed by atoms with Crippen LogP contribution in [0.4, 0.5) is 0 Å². The summed E-state index contributed by atoms with van der Waals surface area (Å²) in [7, 11) is -0.558. The van der Waals surface area contributed by atoms with Crippen molar-refractivity contribution in [2.45, 2.75) is 11.8 Å². The molecule has 4 nitrogen and oxygen atoms in total. The van der Waals surface area contributed by atoms with Crippen LogP contribution >= 0.6 is 0 Å². The van der Waals surface area contributed by atoms with Crippen LogP contribution < -0.4 is 9.47 Å². The number of hydrogen-bond acceptors (Lipinski definition) is 4. The Morgan fingerprint density at radius 1 is 0.952 bits per heavy atom. The highest BCUT2D eigenvalue weighted by atomic mass is 32.2. The van der Waals surface area contributed by atoms with E-state index in [1.807, 2.05) is 6.92 Å². The molecule has 1 radical (unpaired) electrons. The van der Waals surface area contributed by atoms with E-state index >= 15 is 0 Å². The highest BCUT2D eigenvalue weighted by Gasteiger charge is 2.20. The maximum Gasteiger partial charge on any atom is 0.187 e. The van der Waals surface area contributed by atoms with E-state index in [0.717, 1.165) is 5.56 Å². The van der Waals surface area contributed by atoms with Crippen LogP contribution in [0.1, 0.15) is 11.1 Å². The molecule has 2 aromatic rings. The quantitative estimate of drug-likeness (QED) is 0.852. The molecule has 21 heavy (non-hydrogen) atoms. The lowest BCUT2D eigenvalue weighted by Gasteiger charge is -2.12. The van der Waals surface area contributed by atoms with Gasteiger partial charge in [0.2, 0.25) is 0 Å². The van der Waals surface area contributed by atoms with Gasteiger partial charge in [-0.15, -0.1) is 0 Å². The van der Waals surface area contributed by atoms with Gasteiger partial charge in [-0.3, -0.25) is 0 Å². The van der Waals surface area contributed by atoms with Crippen LogP contribution in [0.2, 0.25) is 0 Å². The minimum absolute atomic E-state index is 0.248. The van der Waals surface area contributed by atoms with E-state index in [1.165, 1.54) is 20.0 Å². The fourth-order valence-corrected chi connectivity index (χ4v) is 3.14. The molecule has 0 amide bonds. The molecule has 111 valence electrons. The third-order valence-electron chi connectivity index (χ3n) is 3.07. The topological polar surface area (TPSA) is 52.6 Å². The molecular formula is C16H17O4S. The highest BCUT2D eigenvalue weighted by molar-refractivity contribution is 7.93. The van der Waals surface area contributed by atoms with E-state index in [0.29, 0.717) is 17.1 Å². The van der Waals surface area contributed by atoms with Gasteiger partial charge in [-0.05, 0) is 25.1 Å². The summed E-state index contributed by atoms with van der Waals surface area (Å²) in [4.78, 5) is 0.248. The van der Waals surface area contributed by atoms with Gasteiger partial charge >= 0.3 is 0 Å². The maximum absolute atomic E-state index is 12.4. The predicted octanol–water partition coefficient (Wildman–Crippen LogP) is 3.00. The van der Waals surface area contributed by atoms with E-state index in [9.17, 15) is 8.42 Å². The first-order valence-electron chi connectivity index (χ1n) is 6.35. The van der Waals surface area contributed by atoms with Crippen molar-refractivity contribution in [1.29, 1.82) is 0 Å². The molecule has 0 aliphatic carbocycles. The molecule has 2 aromatic carbocycles. The Hall–Kier alpha value is -2.01. The van der Waals surface area contributed by atoms with Crippen molar-refractivity contribution in [3.63, 3.8) is 0 Å². The summed E-state index contributed by atoms with van der Waals surface area (Å²) < 4.78 is 35.3. The van der Waals surface area contributed by atoms with Crippen molar-refractivity contribution in [3.8, 4) is 11.5 Å². The third kappa shape index (κ3) is 3.36. The highest BCUT2D eigenvalue weighted by Crippen LogP contribution is 2.33. The van der Waals surface area contributed by atoms with Gasteiger partial charge in [-0.2, -0.15) is 0 Å². The minimum Gasteiger partial charge on any atom is -0.493 e. The van der Waals surface area contributed by atoms with Gasteiger partial charge in [-0.25, -0.2) is 8.42 Å². The Morgan fingerprint density at radius 3 is 2.19 bits per heavy atom. The van der Waals surface area contributed by atoms with Crippen molar-refractivity contribution >= 4 is 9.84 Å². The summed E-state index contributed by atoms with van der Waals surface area (Å²) in [5.41, 5.74) is 1.46. The smallest absolute Gasteiger partial charge is 0.187 e. The molecule has 0 unspecified atom stereocenters. The summed E-state index contributed by atoms with van der Waals surface area (Å²) in [6, 6.07) is 11.8. The Kier molecular flexibility index (Phi) is 4.53. The molecule has 2 rings (SSSR count). The Morgan fingerprint density at radius 2 is 1.62 bits per heavy atom. The second kappa shape index (κ2) is 6.18. The molecule has 0 spiro atoms. The zero-order valence-electron chi connectivity index (χ0n) is 12.2. The van der Waals surface area contributed by atoms with Crippen LogP contribution in [-0.2, 0) is 9.84 Å². The summed E-state index contributed by atoms with van der Waals surface area (Å²) >= 11 is 0. The van der Waals surface area contributed by atoms with Crippen LogP contribution in [0.25, 0.3) is 0 Å². The van der Waals surface area contributed by atoms with Gasteiger partial charge in [0.05, 0.1) is 19.1 Å². The number of sulfone groups is 1. The van der Waals surface area contributed by atoms with E-state index < -0.39 is 9.84 Å². The number of rotatable bonds is 5. The van der Waals surface area contributed by atoms with Gasteiger partial charge < -0.3 is 9.47 Å². The summed E-state index contributed by atoms with van der Waals surface area (Å²) in [5.74, 6) is 2.08. The molecule has 5 heteroatoms. The number of para-hydroxylation sites is 1. The maximum atomic E-state index is 12.4. The van der Waals surface area contributed by atoms with Crippen molar-refractivity contribution in [3.05, 3.63) is 59.3 Å². The lowest BCUT2D eigenvalue weighted by molar-refractivity contribution is 0.353. The molecule has 0 fully saturated rings. The Bertz CT molecular complexity index is 718. The first kappa shape index (κ1) is 15.4. The number of hydrogen-bond donors (Lipinski definition) is 0. The molecule has 0 atom stereocenters. The first-order chi connectivity index (χ1) is 9.97. The lowest BCUT2D eigenvalue weighted by Crippen LogP contribution is -2.04. The summed E-state index contributed by atoms with van der Waals surface area (Å²) in [6.07, 6.45) is 0. The van der Waals surface area contributed by atoms with Gasteiger partial charge in [0.1, 0.15) is 5.75 Å². The predicted molar refractivity (Wildman–Crippen MR) is 81.3 cm³/mol. The third-order valence-corrected chi connectivity index (χ3v) is 4.56. The van der Waals surface area contributed by atoms with Crippen molar-refractivity contribution in [2.24, 2.45) is 0 Å². The van der Waals surface area contributed by atoms with E-state index in [-0.39, 0.29) is 4.90 Å². The lowest BCUT2D eigenvalue weighted by atomic mass is 10.2. The van der Waals surface area contributed by atoms with Gasteiger partial charge in [0.15, 0.2) is 21.3 Å². The molecule has 0 N–H and O–H groups in total. The second-order valence-corrected chi connectivity index (χ2v) is 6.36. The zero-order valence-corrected chi connectivity index (χ0v) is 13.0. The average molecular weight is 305 g/mol. The number of methoxy groups -OCH3 is 2. The molecule has 0 aliphatic rings. The molecule has 0 aromatic heterocycles. The first-order valence-corrected chi connectivity index (χ1v) is 7.90. The van der Waals surface area contributed by atoms with Crippen molar-refractivity contribution in [2.75, 3.05) is 14.2 Å². The average Bonchev–Trinajstić information content (AvgIpc) is 2.47. The molecule has 0 aliphatic heterocycles. The SMILES string of the molecule is COc1cccc([CH]S(=O)(=O)c2ccc(C)cc2)c1OC. The molecule has 0 saturated heterocycles. The fraction of sp³-hybridized carbons (Fsp3) is 0.188. The molecule has 0 heterocycles. The van der Waals surface area contributed by atoms with Crippen molar-refractivity contribution in [1.82, 2.24) is 0 Å². The van der Waals surface area contributed by atoms with Gasteiger partial charge in [0.25, 0.3) is 0 Å².